The lowest BCUT2D eigenvalue weighted by atomic mass is 9.91. The molecule has 0 bridgehead atoms. The molecule has 0 amide bonds. The monoisotopic (exact) mass is 292 g/mol. The smallest absolute Gasteiger partial charge is 0.222 e. The number of anilines is 2. The Morgan fingerprint density at radius 1 is 1.38 bits per heavy atom. The maximum atomic E-state index is 14.1. The second-order valence-electron chi connectivity index (χ2n) is 6.01. The summed E-state index contributed by atoms with van der Waals surface area (Å²) in [6.07, 6.45) is 0.712. The van der Waals surface area contributed by atoms with Crippen molar-refractivity contribution in [3.8, 4) is 0 Å². The molecule has 0 saturated carbocycles. The van der Waals surface area contributed by atoms with E-state index in [1.54, 1.807) is 12.1 Å². The van der Waals surface area contributed by atoms with E-state index in [0.29, 0.717) is 23.7 Å². The van der Waals surface area contributed by atoms with Crippen LogP contribution in [0.2, 0.25) is 0 Å². The topological polar surface area (TPSA) is 84.1 Å². The van der Waals surface area contributed by atoms with Gasteiger partial charge in [-0.25, -0.2) is 9.37 Å². The fourth-order valence-electron chi connectivity index (χ4n) is 2.59. The maximum absolute atomic E-state index is 14.1. The molecular formula is C15H21FN4O. The number of nitrogens with two attached hydrogens (primary N) is 1. The second kappa shape index (κ2) is 5.81. The molecule has 5 nitrogen and oxygen atoms in total. The molecule has 2 aromatic rings. The molecule has 0 fully saturated rings. The number of fused-ring (bicyclic) bond motifs is 1. The van der Waals surface area contributed by atoms with Gasteiger partial charge in [0.1, 0.15) is 11.6 Å². The van der Waals surface area contributed by atoms with Crippen LogP contribution in [0.15, 0.2) is 18.2 Å². The fourth-order valence-corrected chi connectivity index (χ4v) is 2.59. The molecule has 21 heavy (non-hydrogen) atoms. The van der Waals surface area contributed by atoms with E-state index in [-0.39, 0.29) is 17.9 Å². The number of aliphatic hydroxyl groups is 1. The molecule has 1 aromatic carbocycles. The van der Waals surface area contributed by atoms with E-state index in [2.05, 4.69) is 29.1 Å². The molecule has 0 aliphatic rings. The summed E-state index contributed by atoms with van der Waals surface area (Å²) in [7, 11) is 0. The molecule has 4 N–H and O–H groups in total. The Bertz CT molecular complexity index is 647. The summed E-state index contributed by atoms with van der Waals surface area (Å²) >= 11 is 0. The Hall–Kier alpha value is -1.95. The first-order chi connectivity index (χ1) is 9.84. The molecule has 6 heteroatoms. The third-order valence-corrected chi connectivity index (χ3v) is 3.32. The predicted octanol–water partition coefficient (Wildman–Crippen LogP) is 2.56. The van der Waals surface area contributed by atoms with Gasteiger partial charge in [-0.05, 0) is 31.4 Å². The van der Waals surface area contributed by atoms with E-state index in [1.165, 1.54) is 6.07 Å². The van der Waals surface area contributed by atoms with Gasteiger partial charge in [0.25, 0.3) is 0 Å². The highest BCUT2D eigenvalue weighted by Crippen LogP contribution is 2.28. The summed E-state index contributed by atoms with van der Waals surface area (Å²) in [6.45, 7) is 5.90. The number of hydrogen-bond donors (Lipinski definition) is 3. The van der Waals surface area contributed by atoms with Crippen molar-refractivity contribution >= 4 is 22.7 Å². The van der Waals surface area contributed by atoms with Crippen LogP contribution in [0.1, 0.15) is 27.2 Å². The van der Waals surface area contributed by atoms with Gasteiger partial charge in [0.05, 0.1) is 23.0 Å². The number of nitrogens with one attached hydrogen (secondary N) is 1. The van der Waals surface area contributed by atoms with Crippen molar-refractivity contribution < 1.29 is 9.50 Å². The van der Waals surface area contributed by atoms with Gasteiger partial charge in [-0.1, -0.05) is 19.9 Å². The quantitative estimate of drug-likeness (QED) is 0.788. The summed E-state index contributed by atoms with van der Waals surface area (Å²) in [4.78, 5) is 8.14. The van der Waals surface area contributed by atoms with Crippen LogP contribution in [-0.4, -0.2) is 27.2 Å². The first-order valence-electron chi connectivity index (χ1n) is 6.95. The summed E-state index contributed by atoms with van der Waals surface area (Å²) in [5, 5.41) is 13.1. The molecule has 114 valence electrons. The highest BCUT2D eigenvalue weighted by atomic mass is 19.1. The Morgan fingerprint density at radius 2 is 2.10 bits per heavy atom. The van der Waals surface area contributed by atoms with Gasteiger partial charge in [0, 0.05) is 0 Å². The van der Waals surface area contributed by atoms with Crippen LogP contribution >= 0.6 is 0 Å². The maximum Gasteiger partial charge on any atom is 0.222 e. The number of hydrogen-bond acceptors (Lipinski definition) is 5. The van der Waals surface area contributed by atoms with Gasteiger partial charge < -0.3 is 16.2 Å². The average Bonchev–Trinajstić information content (AvgIpc) is 2.37. The van der Waals surface area contributed by atoms with Crippen molar-refractivity contribution in [2.75, 3.05) is 17.7 Å². The van der Waals surface area contributed by atoms with Crippen molar-refractivity contribution in [1.29, 1.82) is 0 Å². The van der Waals surface area contributed by atoms with Crippen LogP contribution < -0.4 is 11.1 Å². The summed E-state index contributed by atoms with van der Waals surface area (Å²) in [5.74, 6) is 0.331. The van der Waals surface area contributed by atoms with E-state index in [0.717, 1.165) is 0 Å². The van der Waals surface area contributed by atoms with E-state index in [1.807, 2.05) is 6.92 Å². The first-order valence-corrected chi connectivity index (χ1v) is 6.95. The Labute approximate surface area is 123 Å². The molecule has 0 saturated heterocycles. The minimum absolute atomic E-state index is 0.0698. The molecule has 0 aliphatic carbocycles. The van der Waals surface area contributed by atoms with Crippen LogP contribution in [0.5, 0.6) is 0 Å². The van der Waals surface area contributed by atoms with Crippen molar-refractivity contribution in [1.82, 2.24) is 9.97 Å². The van der Waals surface area contributed by atoms with Crippen molar-refractivity contribution in [3.63, 3.8) is 0 Å². The van der Waals surface area contributed by atoms with Gasteiger partial charge in [-0.2, -0.15) is 4.98 Å². The number of benzene rings is 1. The number of halogens is 1. The number of nitrogens with zero attached hydrogens (tertiary/aromatic N) is 2. The number of rotatable bonds is 5. The number of aromatic nitrogens is 2. The molecule has 0 radical (unpaired) electrons. The highest BCUT2D eigenvalue weighted by Gasteiger charge is 2.26. The van der Waals surface area contributed by atoms with Gasteiger partial charge in [0.15, 0.2) is 0 Å². The van der Waals surface area contributed by atoms with Crippen molar-refractivity contribution in [3.05, 3.63) is 24.0 Å². The Morgan fingerprint density at radius 3 is 2.71 bits per heavy atom. The summed E-state index contributed by atoms with van der Waals surface area (Å²) in [6, 6.07) is 4.61. The highest BCUT2D eigenvalue weighted by molar-refractivity contribution is 5.90. The summed E-state index contributed by atoms with van der Waals surface area (Å²) in [5.41, 5.74) is 5.52. The van der Waals surface area contributed by atoms with Crippen LogP contribution in [0.3, 0.4) is 0 Å². The van der Waals surface area contributed by atoms with Crippen LogP contribution in [-0.2, 0) is 0 Å². The largest absolute Gasteiger partial charge is 0.394 e. The van der Waals surface area contributed by atoms with Gasteiger partial charge >= 0.3 is 0 Å². The van der Waals surface area contributed by atoms with E-state index in [4.69, 9.17) is 5.73 Å². The Kier molecular flexibility index (Phi) is 4.27. The molecule has 0 aliphatic heterocycles. The zero-order valence-corrected chi connectivity index (χ0v) is 12.5. The molecule has 1 aromatic heterocycles. The minimum atomic E-state index is -0.607. The molecule has 2 rings (SSSR count). The first kappa shape index (κ1) is 15.4. The second-order valence-corrected chi connectivity index (χ2v) is 6.01. The molecule has 0 spiro atoms. The lowest BCUT2D eigenvalue weighted by molar-refractivity contribution is 0.202. The molecular weight excluding hydrogens is 271 g/mol. The van der Waals surface area contributed by atoms with Gasteiger partial charge in [-0.15, -0.1) is 0 Å². The molecule has 0 unspecified atom stereocenters. The van der Waals surface area contributed by atoms with Crippen molar-refractivity contribution in [2.24, 2.45) is 5.92 Å². The van der Waals surface area contributed by atoms with E-state index >= 15 is 0 Å². The third-order valence-electron chi connectivity index (χ3n) is 3.32. The number of aliphatic hydroxyl groups excluding tert-OH is 1. The van der Waals surface area contributed by atoms with Crippen LogP contribution in [0, 0.1) is 11.7 Å². The average molecular weight is 292 g/mol. The van der Waals surface area contributed by atoms with Crippen molar-refractivity contribution in [2.45, 2.75) is 32.7 Å². The van der Waals surface area contributed by atoms with E-state index < -0.39 is 11.4 Å². The van der Waals surface area contributed by atoms with Gasteiger partial charge in [-0.3, -0.25) is 0 Å². The lowest BCUT2D eigenvalue weighted by Gasteiger charge is -2.31. The van der Waals surface area contributed by atoms with Gasteiger partial charge in [0.2, 0.25) is 5.95 Å². The summed E-state index contributed by atoms with van der Waals surface area (Å²) < 4.78 is 14.1. The van der Waals surface area contributed by atoms with Crippen LogP contribution in [0.4, 0.5) is 16.2 Å². The minimum Gasteiger partial charge on any atom is -0.394 e. The van der Waals surface area contributed by atoms with Crippen LogP contribution in [0.25, 0.3) is 10.9 Å². The number of nitrogen functional groups attached to an aromatic ring is 1. The van der Waals surface area contributed by atoms with E-state index in [9.17, 15) is 9.50 Å². The predicted molar refractivity (Wildman–Crippen MR) is 82.5 cm³/mol. The molecule has 1 atom stereocenters. The SMILES string of the molecule is CC(C)C[C@@](C)(CO)Nc1nc(N)nc2cccc(F)c12. The fraction of sp³-hybridized carbons (Fsp3) is 0.467. The zero-order chi connectivity index (χ0) is 15.6. The standard InChI is InChI=1S/C15H21FN4O/c1-9(2)7-15(3,8-21)20-13-12-10(16)5-4-6-11(12)18-14(17)19-13/h4-6,9,21H,7-8H2,1-3H3,(H3,17,18,19,20)/t15-/m0/s1. The lowest BCUT2D eigenvalue weighted by Crippen LogP contribution is -2.40. The molecule has 1 heterocycles. The Balaban J connectivity index is 2.50. The zero-order valence-electron chi connectivity index (χ0n) is 12.5. The normalized spacial score (nSPS) is 14.4. The third kappa shape index (κ3) is 3.39.